The van der Waals surface area contributed by atoms with Crippen LogP contribution >= 0.6 is 27.5 Å². The van der Waals surface area contributed by atoms with Crippen molar-refractivity contribution in [3.63, 3.8) is 0 Å². The lowest BCUT2D eigenvalue weighted by Gasteiger charge is -2.41. The fraction of sp³-hybridized carbons (Fsp3) is 0.419. The number of rotatable bonds is 9. The van der Waals surface area contributed by atoms with Gasteiger partial charge in [0, 0.05) is 36.7 Å². The molecule has 0 radical (unpaired) electrons. The van der Waals surface area contributed by atoms with Gasteiger partial charge in [-0.3, -0.25) is 4.57 Å². The van der Waals surface area contributed by atoms with E-state index in [0.717, 1.165) is 27.2 Å². The van der Waals surface area contributed by atoms with Crippen molar-refractivity contribution < 1.29 is 23.7 Å². The lowest BCUT2D eigenvalue weighted by atomic mass is 10.0. The zero-order valence-electron chi connectivity index (χ0n) is 24.0. The van der Waals surface area contributed by atoms with E-state index in [4.69, 9.17) is 45.3 Å². The van der Waals surface area contributed by atoms with Crippen LogP contribution in [0.1, 0.15) is 18.3 Å². The fourth-order valence-electron chi connectivity index (χ4n) is 5.08. The first-order valence-corrected chi connectivity index (χ1v) is 19.1. The molecule has 4 heterocycles. The number of halogens is 2. The molecule has 2 aromatic heterocycles. The Morgan fingerprint density at radius 2 is 1.79 bits per heavy atom. The summed E-state index contributed by atoms with van der Waals surface area (Å²) in [5, 5.41) is 0.533. The van der Waals surface area contributed by atoms with E-state index in [1.165, 1.54) is 0 Å². The number of hydrogen-bond donors (Lipinski definition) is 0. The molecule has 0 spiro atoms. The quantitative estimate of drug-likeness (QED) is 0.135. The minimum Gasteiger partial charge on any atom is -0.459 e. The molecular weight excluding hydrogens is 638 g/mol. The first-order chi connectivity index (χ1) is 20.2. The first-order valence-electron chi connectivity index (χ1n) is 14.2. The van der Waals surface area contributed by atoms with Crippen molar-refractivity contribution in [2.75, 3.05) is 19.8 Å². The van der Waals surface area contributed by atoms with Gasteiger partial charge in [-0.1, -0.05) is 89.6 Å². The minimum atomic E-state index is -1.25. The monoisotopic (exact) mass is 671 g/mol. The van der Waals surface area contributed by atoms with E-state index in [1.54, 1.807) is 0 Å². The molecule has 8 nitrogen and oxygen atoms in total. The van der Waals surface area contributed by atoms with E-state index in [2.05, 4.69) is 35.6 Å². The second-order valence-corrected chi connectivity index (χ2v) is 18.9. The topological polar surface area (TPSA) is 76.9 Å². The van der Waals surface area contributed by atoms with Crippen molar-refractivity contribution in [2.24, 2.45) is 0 Å². The zero-order chi connectivity index (χ0) is 29.3. The molecule has 4 aromatic rings. The number of pyridine rings is 1. The fourth-order valence-corrected chi connectivity index (χ4v) is 6.35. The molecule has 6 rings (SSSR count). The summed E-state index contributed by atoms with van der Waals surface area (Å²) in [5.74, 6) is 0. The van der Waals surface area contributed by atoms with Crippen molar-refractivity contribution in [2.45, 2.75) is 63.4 Å². The highest BCUT2D eigenvalue weighted by Crippen LogP contribution is 2.35. The molecule has 2 saturated heterocycles. The molecule has 2 aromatic carbocycles. The summed E-state index contributed by atoms with van der Waals surface area (Å²) < 4.78 is 33.9. The summed E-state index contributed by atoms with van der Waals surface area (Å²) in [5.41, 5.74) is 3.86. The van der Waals surface area contributed by atoms with Gasteiger partial charge in [0.15, 0.2) is 11.9 Å². The van der Waals surface area contributed by atoms with E-state index in [0.29, 0.717) is 48.6 Å². The van der Waals surface area contributed by atoms with Crippen LogP contribution in [-0.4, -0.2) is 60.7 Å². The SMILES string of the molecule is C[Si](C)(C)CCOCn1c(O[C@H]2CO[C@@H]3COC(c4ccccc4)O[C@H]3C2)nc2nc(-c3ccc(Br)cc3)c(Cl)cc21. The largest absolute Gasteiger partial charge is 0.459 e. The van der Waals surface area contributed by atoms with Crippen molar-refractivity contribution in [1.82, 2.24) is 14.5 Å². The van der Waals surface area contributed by atoms with Crippen LogP contribution in [0.15, 0.2) is 65.1 Å². The Hall–Kier alpha value is -2.31. The summed E-state index contributed by atoms with van der Waals surface area (Å²) in [7, 11) is -1.25. The Labute approximate surface area is 260 Å². The van der Waals surface area contributed by atoms with Gasteiger partial charge >= 0.3 is 6.01 Å². The summed E-state index contributed by atoms with van der Waals surface area (Å²) in [4.78, 5) is 9.66. The first kappa shape index (κ1) is 29.7. The van der Waals surface area contributed by atoms with Gasteiger partial charge < -0.3 is 23.7 Å². The molecule has 4 atom stereocenters. The maximum absolute atomic E-state index is 6.77. The van der Waals surface area contributed by atoms with E-state index >= 15 is 0 Å². The Balaban J connectivity index is 1.24. The smallest absolute Gasteiger partial charge is 0.301 e. The second kappa shape index (κ2) is 12.7. The van der Waals surface area contributed by atoms with Gasteiger partial charge in [-0.25, -0.2) is 4.98 Å². The van der Waals surface area contributed by atoms with Crippen LogP contribution in [-0.2, 0) is 25.7 Å². The van der Waals surface area contributed by atoms with Gasteiger partial charge in [-0.05, 0) is 24.2 Å². The van der Waals surface area contributed by atoms with Gasteiger partial charge in [0.1, 0.15) is 18.9 Å². The van der Waals surface area contributed by atoms with Gasteiger partial charge in [0.2, 0.25) is 0 Å². The second-order valence-electron chi connectivity index (χ2n) is 11.9. The van der Waals surface area contributed by atoms with Crippen LogP contribution in [0.2, 0.25) is 30.7 Å². The van der Waals surface area contributed by atoms with Crippen LogP contribution < -0.4 is 4.74 Å². The third kappa shape index (κ3) is 6.91. The predicted octanol–water partition coefficient (Wildman–Crippen LogP) is 7.48. The van der Waals surface area contributed by atoms with Crippen molar-refractivity contribution in [3.05, 3.63) is 75.7 Å². The maximum atomic E-state index is 6.77. The van der Waals surface area contributed by atoms with E-state index in [-0.39, 0.29) is 25.0 Å². The molecule has 0 amide bonds. The van der Waals surface area contributed by atoms with E-state index in [1.807, 2.05) is 65.2 Å². The third-order valence-electron chi connectivity index (χ3n) is 7.45. The number of fused-ring (bicyclic) bond motifs is 2. The highest BCUT2D eigenvalue weighted by Gasteiger charge is 2.40. The molecule has 2 fully saturated rings. The molecular formula is C31H35BrClN3O5Si. The van der Waals surface area contributed by atoms with Gasteiger partial charge in [-0.15, -0.1) is 0 Å². The van der Waals surface area contributed by atoms with Crippen molar-refractivity contribution in [1.29, 1.82) is 0 Å². The Kier molecular flexibility index (Phi) is 9.02. The lowest BCUT2D eigenvalue weighted by molar-refractivity contribution is -0.286. The molecule has 1 unspecified atom stereocenters. The van der Waals surface area contributed by atoms with Crippen LogP contribution in [0.3, 0.4) is 0 Å². The standard InChI is InChI=1S/C31H35BrClN3O5Si/c1-42(2,3)14-13-37-19-36-25-16-24(33)28(20-9-11-22(32)12-10-20)34-29(25)35-31(36)40-23-15-26-27(38-17-23)18-39-30(41-26)21-7-5-4-6-8-21/h4-12,16,23,26-27,30H,13-15,17-19H2,1-3H3/t23-,26+,27-,30?/m1/s1. The highest BCUT2D eigenvalue weighted by atomic mass is 79.9. The number of benzene rings is 2. The summed E-state index contributed by atoms with van der Waals surface area (Å²) in [6.45, 7) is 8.83. The average molecular weight is 673 g/mol. The number of ether oxygens (including phenoxy) is 5. The van der Waals surface area contributed by atoms with Crippen LogP contribution in [0.5, 0.6) is 6.01 Å². The van der Waals surface area contributed by atoms with Gasteiger partial charge in [-0.2, -0.15) is 4.98 Å². The number of hydrogen-bond acceptors (Lipinski definition) is 7. The van der Waals surface area contributed by atoms with E-state index < -0.39 is 14.4 Å². The lowest BCUT2D eigenvalue weighted by Crippen LogP contribution is -2.50. The van der Waals surface area contributed by atoms with Gasteiger partial charge in [0.05, 0.1) is 35.6 Å². The van der Waals surface area contributed by atoms with Crippen LogP contribution in [0.4, 0.5) is 0 Å². The molecule has 0 aliphatic carbocycles. The number of imidazole rings is 1. The normalized spacial score (nSPS) is 22.7. The van der Waals surface area contributed by atoms with Crippen LogP contribution in [0, 0.1) is 0 Å². The molecule has 2 aliphatic rings. The zero-order valence-corrected chi connectivity index (χ0v) is 27.3. The molecule has 222 valence electrons. The van der Waals surface area contributed by atoms with Crippen molar-refractivity contribution in [3.8, 4) is 17.3 Å². The van der Waals surface area contributed by atoms with Crippen molar-refractivity contribution >= 4 is 46.8 Å². The molecule has 0 saturated carbocycles. The number of nitrogens with zero attached hydrogens (tertiary/aromatic N) is 3. The maximum Gasteiger partial charge on any atom is 0.301 e. The molecule has 42 heavy (non-hydrogen) atoms. The Bertz CT molecular complexity index is 1520. The minimum absolute atomic E-state index is 0.137. The molecule has 11 heteroatoms. The summed E-state index contributed by atoms with van der Waals surface area (Å²) in [6.07, 6.45) is -0.343. The number of aromatic nitrogens is 3. The van der Waals surface area contributed by atoms with Crippen LogP contribution in [0.25, 0.3) is 22.4 Å². The highest BCUT2D eigenvalue weighted by molar-refractivity contribution is 9.10. The van der Waals surface area contributed by atoms with E-state index in [9.17, 15) is 0 Å². The van der Waals surface area contributed by atoms with Gasteiger partial charge in [0.25, 0.3) is 0 Å². The molecule has 2 aliphatic heterocycles. The Morgan fingerprint density at radius 3 is 2.55 bits per heavy atom. The molecule has 0 N–H and O–H groups in total. The average Bonchev–Trinajstić information content (AvgIpc) is 3.30. The third-order valence-corrected chi connectivity index (χ3v) is 9.98. The predicted molar refractivity (Wildman–Crippen MR) is 169 cm³/mol. The Morgan fingerprint density at radius 1 is 1.00 bits per heavy atom. The summed E-state index contributed by atoms with van der Waals surface area (Å²) in [6, 6.07) is 21.2. The molecule has 0 bridgehead atoms. The summed E-state index contributed by atoms with van der Waals surface area (Å²) >= 11 is 10.3.